The molecule has 0 aliphatic heterocycles. The number of nitrogens with zero attached hydrogens (tertiary/aromatic N) is 1. The SMILES string of the molecule is Cc1cnc(N)c(C(O)C2CC2(C)C)c1. The Bertz CT molecular complexity index is 387. The second-order valence-corrected chi connectivity index (χ2v) is 5.23. The number of nitrogen functional groups attached to an aromatic ring is 1. The molecular formula is C12H18N2O. The van der Waals surface area contributed by atoms with Crippen molar-refractivity contribution in [2.75, 3.05) is 5.73 Å². The summed E-state index contributed by atoms with van der Waals surface area (Å²) in [6.07, 6.45) is 2.32. The number of pyridine rings is 1. The Balaban J connectivity index is 2.26. The third kappa shape index (κ3) is 1.84. The Hall–Kier alpha value is -1.09. The maximum Gasteiger partial charge on any atom is 0.129 e. The number of hydrogen-bond acceptors (Lipinski definition) is 3. The maximum atomic E-state index is 10.2. The topological polar surface area (TPSA) is 59.1 Å². The van der Waals surface area contributed by atoms with Gasteiger partial charge < -0.3 is 10.8 Å². The summed E-state index contributed by atoms with van der Waals surface area (Å²) in [5.41, 5.74) is 7.84. The van der Waals surface area contributed by atoms with E-state index >= 15 is 0 Å². The minimum atomic E-state index is -0.465. The molecule has 1 fully saturated rings. The quantitative estimate of drug-likeness (QED) is 0.778. The lowest BCUT2D eigenvalue weighted by atomic mass is 9.99. The molecule has 0 aromatic carbocycles. The minimum absolute atomic E-state index is 0.246. The van der Waals surface area contributed by atoms with E-state index in [-0.39, 0.29) is 5.41 Å². The van der Waals surface area contributed by atoms with Crippen molar-refractivity contribution in [1.29, 1.82) is 0 Å². The molecule has 1 saturated carbocycles. The fourth-order valence-electron chi connectivity index (χ4n) is 2.10. The van der Waals surface area contributed by atoms with Gasteiger partial charge in [0.05, 0.1) is 6.10 Å². The number of aromatic nitrogens is 1. The van der Waals surface area contributed by atoms with E-state index in [1.807, 2.05) is 13.0 Å². The van der Waals surface area contributed by atoms with Crippen molar-refractivity contribution < 1.29 is 5.11 Å². The Morgan fingerprint density at radius 1 is 1.60 bits per heavy atom. The molecule has 2 atom stereocenters. The predicted molar refractivity (Wildman–Crippen MR) is 60.2 cm³/mol. The van der Waals surface area contributed by atoms with E-state index in [1.54, 1.807) is 6.20 Å². The standard InChI is InChI=1S/C12H18N2O/c1-7-4-8(11(13)14-6-7)10(15)9-5-12(9,2)3/h4,6,9-10,15H,5H2,1-3H3,(H2,13,14). The first-order chi connectivity index (χ1) is 6.92. The first-order valence-corrected chi connectivity index (χ1v) is 5.32. The van der Waals surface area contributed by atoms with Crippen LogP contribution in [0.3, 0.4) is 0 Å². The molecule has 82 valence electrons. The van der Waals surface area contributed by atoms with Gasteiger partial charge in [0.25, 0.3) is 0 Å². The molecule has 3 heteroatoms. The van der Waals surface area contributed by atoms with Crippen molar-refractivity contribution in [1.82, 2.24) is 4.98 Å². The van der Waals surface area contributed by atoms with Crippen LogP contribution >= 0.6 is 0 Å². The van der Waals surface area contributed by atoms with Crippen LogP contribution in [-0.2, 0) is 0 Å². The average molecular weight is 206 g/mol. The summed E-state index contributed by atoms with van der Waals surface area (Å²) >= 11 is 0. The monoisotopic (exact) mass is 206 g/mol. The molecule has 3 nitrogen and oxygen atoms in total. The van der Waals surface area contributed by atoms with Gasteiger partial charge in [0, 0.05) is 11.8 Å². The van der Waals surface area contributed by atoms with Crippen LogP contribution in [0.25, 0.3) is 0 Å². The van der Waals surface area contributed by atoms with E-state index in [9.17, 15) is 5.11 Å². The molecule has 0 bridgehead atoms. The van der Waals surface area contributed by atoms with Crippen LogP contribution in [0.5, 0.6) is 0 Å². The molecule has 0 spiro atoms. The molecule has 1 aliphatic rings. The highest BCUT2D eigenvalue weighted by atomic mass is 16.3. The van der Waals surface area contributed by atoms with Crippen LogP contribution in [0.2, 0.25) is 0 Å². The Morgan fingerprint density at radius 2 is 2.20 bits per heavy atom. The lowest BCUT2D eigenvalue weighted by Crippen LogP contribution is -2.09. The first-order valence-electron chi connectivity index (χ1n) is 5.32. The van der Waals surface area contributed by atoms with Crippen molar-refractivity contribution in [3.63, 3.8) is 0 Å². The van der Waals surface area contributed by atoms with E-state index in [1.165, 1.54) is 0 Å². The zero-order valence-electron chi connectivity index (χ0n) is 9.49. The van der Waals surface area contributed by atoms with Gasteiger partial charge in [-0.1, -0.05) is 13.8 Å². The van der Waals surface area contributed by atoms with E-state index < -0.39 is 6.10 Å². The van der Waals surface area contributed by atoms with Gasteiger partial charge in [-0.2, -0.15) is 0 Å². The Kier molecular flexibility index (Phi) is 2.23. The number of aliphatic hydroxyl groups is 1. The van der Waals surface area contributed by atoms with Crippen LogP contribution < -0.4 is 5.73 Å². The van der Waals surface area contributed by atoms with Crippen LogP contribution in [0.1, 0.15) is 37.5 Å². The zero-order valence-corrected chi connectivity index (χ0v) is 9.49. The maximum absolute atomic E-state index is 10.2. The van der Waals surface area contributed by atoms with Crippen molar-refractivity contribution in [2.45, 2.75) is 33.3 Å². The third-order valence-corrected chi connectivity index (χ3v) is 3.38. The third-order valence-electron chi connectivity index (χ3n) is 3.38. The van der Waals surface area contributed by atoms with Gasteiger partial charge in [-0.25, -0.2) is 4.98 Å². The van der Waals surface area contributed by atoms with Crippen molar-refractivity contribution >= 4 is 5.82 Å². The minimum Gasteiger partial charge on any atom is -0.388 e. The molecular weight excluding hydrogens is 188 g/mol. The van der Waals surface area contributed by atoms with Crippen LogP contribution in [-0.4, -0.2) is 10.1 Å². The molecule has 0 radical (unpaired) electrons. The second kappa shape index (κ2) is 3.20. The normalized spacial score (nSPS) is 24.9. The molecule has 15 heavy (non-hydrogen) atoms. The molecule has 2 rings (SSSR count). The van der Waals surface area contributed by atoms with Gasteiger partial charge in [-0.3, -0.25) is 0 Å². The fourth-order valence-corrected chi connectivity index (χ4v) is 2.10. The predicted octanol–water partition coefficient (Wildman–Crippen LogP) is 2.05. The summed E-state index contributed by atoms with van der Waals surface area (Å²) in [5, 5.41) is 10.2. The van der Waals surface area contributed by atoms with Crippen LogP contribution in [0.15, 0.2) is 12.3 Å². The molecule has 2 unspecified atom stereocenters. The highest BCUT2D eigenvalue weighted by Gasteiger charge is 2.50. The van der Waals surface area contributed by atoms with E-state index in [0.29, 0.717) is 11.7 Å². The largest absolute Gasteiger partial charge is 0.388 e. The van der Waals surface area contributed by atoms with E-state index in [4.69, 9.17) is 5.73 Å². The number of rotatable bonds is 2. The summed E-state index contributed by atoms with van der Waals surface area (Å²) in [6.45, 7) is 6.29. The average Bonchev–Trinajstić information content (AvgIpc) is 2.78. The molecule has 1 aliphatic carbocycles. The summed E-state index contributed by atoms with van der Waals surface area (Å²) in [7, 11) is 0. The number of aryl methyl sites for hydroxylation is 1. The van der Waals surface area contributed by atoms with Gasteiger partial charge in [0.1, 0.15) is 5.82 Å². The molecule has 1 aromatic heterocycles. The summed E-state index contributed by atoms with van der Waals surface area (Å²) in [5.74, 6) is 0.777. The fraction of sp³-hybridized carbons (Fsp3) is 0.583. The van der Waals surface area contributed by atoms with E-state index in [2.05, 4.69) is 18.8 Å². The Labute approximate surface area is 90.3 Å². The van der Waals surface area contributed by atoms with Gasteiger partial charge in [-0.05, 0) is 36.3 Å². The molecule has 1 heterocycles. The molecule has 3 N–H and O–H groups in total. The highest BCUT2D eigenvalue weighted by molar-refractivity contribution is 5.43. The zero-order chi connectivity index (χ0) is 11.2. The molecule has 1 aromatic rings. The Morgan fingerprint density at radius 3 is 2.73 bits per heavy atom. The van der Waals surface area contributed by atoms with Gasteiger partial charge in [0.15, 0.2) is 0 Å². The number of aliphatic hydroxyl groups excluding tert-OH is 1. The molecule has 0 saturated heterocycles. The number of anilines is 1. The van der Waals surface area contributed by atoms with E-state index in [0.717, 1.165) is 17.5 Å². The summed E-state index contributed by atoms with van der Waals surface area (Å²) < 4.78 is 0. The summed E-state index contributed by atoms with van der Waals surface area (Å²) in [6, 6.07) is 1.93. The van der Waals surface area contributed by atoms with Crippen molar-refractivity contribution in [3.05, 3.63) is 23.4 Å². The van der Waals surface area contributed by atoms with Crippen LogP contribution in [0, 0.1) is 18.3 Å². The second-order valence-electron chi connectivity index (χ2n) is 5.23. The first kappa shape index (κ1) is 10.4. The van der Waals surface area contributed by atoms with Crippen LogP contribution in [0.4, 0.5) is 5.82 Å². The smallest absolute Gasteiger partial charge is 0.129 e. The van der Waals surface area contributed by atoms with Crippen molar-refractivity contribution in [2.24, 2.45) is 11.3 Å². The van der Waals surface area contributed by atoms with Gasteiger partial charge >= 0.3 is 0 Å². The number of hydrogen-bond donors (Lipinski definition) is 2. The number of nitrogens with two attached hydrogens (primary N) is 1. The van der Waals surface area contributed by atoms with Gasteiger partial charge in [0.2, 0.25) is 0 Å². The summed E-state index contributed by atoms with van der Waals surface area (Å²) in [4.78, 5) is 4.08. The van der Waals surface area contributed by atoms with Gasteiger partial charge in [-0.15, -0.1) is 0 Å². The lowest BCUT2D eigenvalue weighted by Gasteiger charge is -2.14. The van der Waals surface area contributed by atoms with Crippen molar-refractivity contribution in [3.8, 4) is 0 Å². The highest BCUT2D eigenvalue weighted by Crippen LogP contribution is 2.58. The lowest BCUT2D eigenvalue weighted by molar-refractivity contribution is 0.139. The molecule has 0 amide bonds.